The van der Waals surface area contributed by atoms with Gasteiger partial charge < -0.3 is 4.74 Å². The number of ether oxygens (including phenoxy) is 1. The molecule has 12 heteroatoms. The van der Waals surface area contributed by atoms with E-state index >= 15 is 0 Å². The quantitative estimate of drug-likeness (QED) is 0.310. The molecule has 1 atom stereocenters. The number of carbonyl (C=O) groups excluding carboxylic acids is 2. The first-order valence-electron chi connectivity index (χ1n) is 12.4. The van der Waals surface area contributed by atoms with E-state index in [1.54, 1.807) is 37.6 Å². The van der Waals surface area contributed by atoms with Crippen LogP contribution in [0.15, 0.2) is 47.5 Å². The molecular formula is C27H26ClF3N4O3S. The number of fused-ring (bicyclic) bond motifs is 1. The number of alkyl halides is 3. The highest BCUT2D eigenvalue weighted by Crippen LogP contribution is 2.36. The van der Waals surface area contributed by atoms with E-state index in [0.29, 0.717) is 34.5 Å². The van der Waals surface area contributed by atoms with Gasteiger partial charge in [0.1, 0.15) is 0 Å². The van der Waals surface area contributed by atoms with E-state index in [4.69, 9.17) is 16.3 Å². The van der Waals surface area contributed by atoms with Gasteiger partial charge in [-0.2, -0.15) is 18.3 Å². The summed E-state index contributed by atoms with van der Waals surface area (Å²) in [5, 5.41) is 4.70. The van der Waals surface area contributed by atoms with Crippen LogP contribution in [-0.4, -0.2) is 70.1 Å². The Morgan fingerprint density at radius 2 is 2.03 bits per heavy atom. The first-order valence-corrected chi connectivity index (χ1v) is 13.6. The van der Waals surface area contributed by atoms with Gasteiger partial charge in [0.05, 0.1) is 35.3 Å². The van der Waals surface area contributed by atoms with Gasteiger partial charge in [0, 0.05) is 36.7 Å². The van der Waals surface area contributed by atoms with Crippen LogP contribution in [0.5, 0.6) is 0 Å². The Bertz CT molecular complexity index is 1440. The minimum absolute atomic E-state index is 0.0112. The van der Waals surface area contributed by atoms with Crippen molar-refractivity contribution < 1.29 is 27.5 Å². The van der Waals surface area contributed by atoms with E-state index in [9.17, 15) is 22.8 Å². The third kappa shape index (κ3) is 6.01. The Kier molecular flexibility index (Phi) is 8.04. The molecule has 0 spiro atoms. The summed E-state index contributed by atoms with van der Waals surface area (Å²) in [5.74, 6) is -0.318. The smallest absolute Gasteiger partial charge is 0.383 e. The van der Waals surface area contributed by atoms with Gasteiger partial charge in [0.15, 0.2) is 0 Å². The van der Waals surface area contributed by atoms with Crippen LogP contribution in [0.4, 0.5) is 18.0 Å². The number of aromatic nitrogens is 2. The molecule has 0 saturated carbocycles. The predicted octanol–water partition coefficient (Wildman–Crippen LogP) is 5.90. The average molecular weight is 579 g/mol. The average Bonchev–Trinajstić information content (AvgIpc) is 3.58. The minimum atomic E-state index is -4.54. The van der Waals surface area contributed by atoms with E-state index in [-0.39, 0.29) is 34.3 Å². The molecule has 7 nitrogen and oxygen atoms in total. The molecule has 3 heterocycles. The Labute approximate surface area is 232 Å². The highest BCUT2D eigenvalue weighted by atomic mass is 35.5. The van der Waals surface area contributed by atoms with Crippen molar-refractivity contribution in [3.8, 4) is 0 Å². The van der Waals surface area contributed by atoms with Crippen LogP contribution in [0.3, 0.4) is 0 Å². The van der Waals surface area contributed by atoms with Gasteiger partial charge >= 0.3 is 6.18 Å². The van der Waals surface area contributed by atoms with Gasteiger partial charge in [-0.15, -0.1) is 0 Å². The molecule has 2 aliphatic heterocycles. The monoisotopic (exact) mass is 578 g/mol. The molecule has 2 fully saturated rings. The summed E-state index contributed by atoms with van der Waals surface area (Å²) in [5.41, 5.74) is 0.585. The minimum Gasteiger partial charge on any atom is -0.383 e. The number of methoxy groups -OCH3 is 1. The number of amides is 2. The molecular weight excluding hydrogens is 553 g/mol. The topological polar surface area (TPSA) is 67.7 Å². The van der Waals surface area contributed by atoms with Gasteiger partial charge in [0.2, 0.25) is 0 Å². The molecule has 3 aromatic rings. The first-order chi connectivity index (χ1) is 18.6. The van der Waals surface area contributed by atoms with Crippen LogP contribution < -0.4 is 0 Å². The van der Waals surface area contributed by atoms with E-state index in [1.807, 2.05) is 0 Å². The molecule has 0 radical (unpaired) electrons. The molecule has 0 unspecified atom stereocenters. The van der Waals surface area contributed by atoms with Crippen molar-refractivity contribution in [3.63, 3.8) is 0 Å². The van der Waals surface area contributed by atoms with E-state index in [2.05, 4.69) is 10.00 Å². The summed E-state index contributed by atoms with van der Waals surface area (Å²) >= 11 is 6.71. The second-order valence-corrected chi connectivity index (χ2v) is 11.0. The first kappa shape index (κ1) is 27.7. The van der Waals surface area contributed by atoms with Crippen molar-refractivity contribution in [3.05, 3.63) is 69.2 Å². The molecule has 2 aliphatic rings. The Morgan fingerprint density at radius 3 is 2.79 bits per heavy atom. The molecule has 2 amide bonds. The number of benzene rings is 2. The Hall–Kier alpha value is -2.86. The summed E-state index contributed by atoms with van der Waals surface area (Å²) in [6.45, 7) is 2.54. The summed E-state index contributed by atoms with van der Waals surface area (Å²) in [6, 6.07) is 9.10. The highest BCUT2D eigenvalue weighted by molar-refractivity contribution is 8.18. The number of hydrogen-bond acceptors (Lipinski definition) is 6. The summed E-state index contributed by atoms with van der Waals surface area (Å²) in [7, 11) is 1.65. The van der Waals surface area contributed by atoms with Crippen LogP contribution in [0.1, 0.15) is 29.5 Å². The standard InChI is InChI=1S/C27H26ClF3N4O3S/c1-38-10-9-33-8-2-3-21(33)16-34-25(36)24(39-26(34)37)12-17-4-7-23-19(11-17)14-32-35(23)15-18-5-6-20(28)13-22(18)27(29,30)31/h4-7,11-14,21H,2-3,8-10,15-16H2,1H3/b24-12-/t21-/m0/s1. The van der Waals surface area contributed by atoms with Crippen molar-refractivity contribution in [2.24, 2.45) is 0 Å². The third-order valence-corrected chi connectivity index (χ3v) is 8.15. The largest absolute Gasteiger partial charge is 0.416 e. The summed E-state index contributed by atoms with van der Waals surface area (Å²) < 4.78 is 47.2. The van der Waals surface area contributed by atoms with Crippen LogP contribution in [0.25, 0.3) is 17.0 Å². The molecule has 0 aliphatic carbocycles. The molecule has 0 N–H and O–H groups in total. The fourth-order valence-corrected chi connectivity index (χ4v) is 6.08. The van der Waals surface area contributed by atoms with Crippen LogP contribution >= 0.6 is 23.4 Å². The number of hydrogen-bond donors (Lipinski definition) is 0. The van der Waals surface area contributed by atoms with Gasteiger partial charge in [-0.3, -0.25) is 24.1 Å². The zero-order valence-electron chi connectivity index (χ0n) is 21.1. The second kappa shape index (κ2) is 11.3. The van der Waals surface area contributed by atoms with Crippen LogP contribution in [0, 0.1) is 0 Å². The van der Waals surface area contributed by atoms with Crippen molar-refractivity contribution in [2.45, 2.75) is 31.6 Å². The molecule has 5 rings (SSSR count). The number of thioether (sulfide) groups is 1. The van der Waals surface area contributed by atoms with E-state index in [1.165, 1.54) is 21.7 Å². The van der Waals surface area contributed by atoms with Crippen LogP contribution in [-0.2, 0) is 22.3 Å². The van der Waals surface area contributed by atoms with Crippen molar-refractivity contribution in [2.75, 3.05) is 33.4 Å². The fraction of sp³-hybridized carbons (Fsp3) is 0.370. The van der Waals surface area contributed by atoms with Crippen LogP contribution in [0.2, 0.25) is 5.02 Å². The van der Waals surface area contributed by atoms with Crippen molar-refractivity contribution in [1.29, 1.82) is 0 Å². The molecule has 39 heavy (non-hydrogen) atoms. The highest BCUT2D eigenvalue weighted by Gasteiger charge is 2.38. The number of imide groups is 1. The number of rotatable bonds is 8. The summed E-state index contributed by atoms with van der Waals surface area (Å²) in [6.07, 6.45) is 0.630. The normalized spacial score (nSPS) is 19.8. The maximum Gasteiger partial charge on any atom is 0.416 e. The van der Waals surface area contributed by atoms with Gasteiger partial charge in [0.25, 0.3) is 11.1 Å². The lowest BCUT2D eigenvalue weighted by Gasteiger charge is -2.26. The Morgan fingerprint density at radius 1 is 1.21 bits per heavy atom. The zero-order valence-corrected chi connectivity index (χ0v) is 22.7. The number of likely N-dealkylation sites (tertiary alicyclic amines) is 1. The Balaban J connectivity index is 1.32. The third-order valence-electron chi connectivity index (χ3n) is 7.01. The maximum atomic E-state index is 13.5. The molecule has 2 aromatic carbocycles. The van der Waals surface area contributed by atoms with E-state index < -0.39 is 11.7 Å². The second-order valence-electron chi connectivity index (χ2n) is 9.54. The van der Waals surface area contributed by atoms with E-state index in [0.717, 1.165) is 43.8 Å². The predicted molar refractivity (Wildman–Crippen MR) is 144 cm³/mol. The van der Waals surface area contributed by atoms with Crippen molar-refractivity contribution >= 4 is 51.5 Å². The number of carbonyl (C=O) groups is 2. The number of halogens is 4. The molecule has 2 saturated heterocycles. The van der Waals surface area contributed by atoms with Gasteiger partial charge in [-0.05, 0) is 72.6 Å². The molecule has 1 aromatic heterocycles. The lowest BCUT2D eigenvalue weighted by molar-refractivity contribution is -0.138. The fourth-order valence-electron chi connectivity index (χ4n) is 5.06. The zero-order chi connectivity index (χ0) is 27.7. The molecule has 0 bridgehead atoms. The lowest BCUT2D eigenvalue weighted by atomic mass is 10.1. The SMILES string of the molecule is COCCN1CCC[C@H]1CN1C(=O)S/C(=C\c2ccc3c(cnn3Cc3ccc(Cl)cc3C(F)(F)F)c2)C1=O. The maximum absolute atomic E-state index is 13.5. The molecule has 206 valence electrons. The number of nitrogens with zero attached hydrogens (tertiary/aromatic N) is 4. The van der Waals surface area contributed by atoms with Crippen molar-refractivity contribution in [1.82, 2.24) is 19.6 Å². The summed E-state index contributed by atoms with van der Waals surface area (Å²) in [4.78, 5) is 29.7. The van der Waals surface area contributed by atoms with Gasteiger partial charge in [-0.25, -0.2) is 0 Å². The van der Waals surface area contributed by atoms with Gasteiger partial charge in [-0.1, -0.05) is 23.7 Å². The lowest BCUT2D eigenvalue weighted by Crippen LogP contribution is -2.43.